The van der Waals surface area contributed by atoms with Gasteiger partial charge in [-0.05, 0) is 30.5 Å². The minimum absolute atomic E-state index is 0.128. The van der Waals surface area contributed by atoms with Crippen LogP contribution in [0.25, 0.3) is 0 Å². The largest absolute Gasteiger partial charge is 0.325 e. The van der Waals surface area contributed by atoms with Crippen LogP contribution in [0.5, 0.6) is 0 Å². The Labute approximate surface area is 135 Å². The van der Waals surface area contributed by atoms with Crippen molar-refractivity contribution in [2.45, 2.75) is 19.0 Å². The fourth-order valence-corrected chi connectivity index (χ4v) is 3.47. The lowest BCUT2D eigenvalue weighted by molar-refractivity contribution is -0.131. The van der Waals surface area contributed by atoms with Gasteiger partial charge in [-0.15, -0.1) is 11.3 Å². The molecular weight excluding hydrogens is 327 g/mol. The number of thiophene rings is 1. The van der Waals surface area contributed by atoms with Gasteiger partial charge in [0.2, 0.25) is 0 Å². The highest BCUT2D eigenvalue weighted by molar-refractivity contribution is 7.10. The van der Waals surface area contributed by atoms with Crippen LogP contribution in [0.3, 0.4) is 0 Å². The molecule has 0 saturated carbocycles. The molecule has 7 heteroatoms. The third-order valence-corrected chi connectivity index (χ3v) is 5.11. The number of halogens is 2. The average molecular weight is 339 g/mol. The van der Waals surface area contributed by atoms with E-state index < -0.39 is 23.3 Å². The zero-order valence-electron chi connectivity index (χ0n) is 11.6. The van der Waals surface area contributed by atoms with E-state index in [0.29, 0.717) is 0 Å². The molecule has 2 heterocycles. The quantitative estimate of drug-likeness (QED) is 0.871. The second-order valence-electron chi connectivity index (χ2n) is 5.12. The minimum Gasteiger partial charge on any atom is -0.319 e. The van der Waals surface area contributed by atoms with Gasteiger partial charge in [0, 0.05) is 15.5 Å². The predicted molar refractivity (Wildman–Crippen MR) is 82.2 cm³/mol. The standard InChI is InChI=1S/C15H12ClFN2O2S/c1-15(12-6-3-7-22-12)13(20)19(14(21)18-15)8-9-10(16)4-2-5-11(9)17/h2-7H,8H2,1H3,(H,18,21). The molecule has 22 heavy (non-hydrogen) atoms. The van der Waals surface area contributed by atoms with Crippen molar-refractivity contribution in [2.75, 3.05) is 0 Å². The number of rotatable bonds is 3. The van der Waals surface area contributed by atoms with Gasteiger partial charge in [0.05, 0.1) is 6.54 Å². The zero-order valence-corrected chi connectivity index (χ0v) is 13.2. The Hall–Kier alpha value is -1.92. The molecule has 1 fully saturated rings. The van der Waals surface area contributed by atoms with Crippen LogP contribution in [0.1, 0.15) is 17.4 Å². The van der Waals surface area contributed by atoms with Crippen molar-refractivity contribution < 1.29 is 14.0 Å². The van der Waals surface area contributed by atoms with Crippen LogP contribution in [0.2, 0.25) is 5.02 Å². The lowest BCUT2D eigenvalue weighted by atomic mass is 10.0. The SMILES string of the molecule is CC1(c2cccs2)NC(=O)N(Cc2c(F)cccc2Cl)C1=O. The van der Waals surface area contributed by atoms with Gasteiger partial charge in [-0.1, -0.05) is 23.7 Å². The molecule has 3 amide bonds. The number of imide groups is 1. The average Bonchev–Trinajstić information content (AvgIpc) is 3.06. The van der Waals surface area contributed by atoms with Gasteiger partial charge < -0.3 is 5.32 Å². The smallest absolute Gasteiger partial charge is 0.319 e. The highest BCUT2D eigenvalue weighted by Gasteiger charge is 2.49. The number of benzene rings is 1. The third kappa shape index (κ3) is 2.28. The summed E-state index contributed by atoms with van der Waals surface area (Å²) in [4.78, 5) is 26.5. The molecular formula is C15H12ClFN2O2S. The van der Waals surface area contributed by atoms with Crippen LogP contribution in [0, 0.1) is 5.82 Å². The predicted octanol–water partition coefficient (Wildman–Crippen LogP) is 3.51. The van der Waals surface area contributed by atoms with Gasteiger partial charge in [-0.3, -0.25) is 9.69 Å². The van der Waals surface area contributed by atoms with Gasteiger partial charge in [0.1, 0.15) is 5.82 Å². The van der Waals surface area contributed by atoms with Crippen molar-refractivity contribution in [3.05, 3.63) is 57.0 Å². The fourth-order valence-electron chi connectivity index (χ4n) is 2.41. The van der Waals surface area contributed by atoms with Crippen LogP contribution in [0.15, 0.2) is 35.7 Å². The molecule has 0 spiro atoms. The van der Waals surface area contributed by atoms with Crippen LogP contribution in [0.4, 0.5) is 9.18 Å². The van der Waals surface area contributed by atoms with E-state index in [1.165, 1.54) is 29.5 Å². The van der Waals surface area contributed by atoms with Gasteiger partial charge in [-0.25, -0.2) is 9.18 Å². The fraction of sp³-hybridized carbons (Fsp3) is 0.200. The zero-order chi connectivity index (χ0) is 15.9. The molecule has 0 radical (unpaired) electrons. The van der Waals surface area contributed by atoms with E-state index in [4.69, 9.17) is 11.6 Å². The summed E-state index contributed by atoms with van der Waals surface area (Å²) in [5.41, 5.74) is -0.994. The molecule has 114 valence electrons. The maximum absolute atomic E-state index is 13.9. The molecule has 1 aliphatic rings. The van der Waals surface area contributed by atoms with E-state index in [0.717, 1.165) is 9.78 Å². The maximum Gasteiger partial charge on any atom is 0.325 e. The lowest BCUT2D eigenvalue weighted by Gasteiger charge is -2.20. The van der Waals surface area contributed by atoms with Crippen LogP contribution in [-0.4, -0.2) is 16.8 Å². The van der Waals surface area contributed by atoms with E-state index in [-0.39, 0.29) is 17.1 Å². The van der Waals surface area contributed by atoms with Crippen LogP contribution in [-0.2, 0) is 16.9 Å². The van der Waals surface area contributed by atoms with Gasteiger partial charge in [0.25, 0.3) is 5.91 Å². The summed E-state index contributed by atoms with van der Waals surface area (Å²) in [5, 5.41) is 4.69. The Morgan fingerprint density at radius 3 is 2.73 bits per heavy atom. The van der Waals surface area contributed by atoms with Crippen molar-refractivity contribution in [3.8, 4) is 0 Å². The molecule has 2 aromatic rings. The summed E-state index contributed by atoms with van der Waals surface area (Å²) in [6, 6.07) is 7.28. The van der Waals surface area contributed by atoms with Gasteiger partial charge >= 0.3 is 6.03 Å². The molecule has 0 bridgehead atoms. The normalized spacial score (nSPS) is 21.3. The first-order valence-electron chi connectivity index (χ1n) is 6.54. The van der Waals surface area contributed by atoms with Crippen molar-refractivity contribution in [1.29, 1.82) is 0 Å². The number of hydrogen-bond acceptors (Lipinski definition) is 3. The number of carbonyl (C=O) groups is 2. The highest BCUT2D eigenvalue weighted by atomic mass is 35.5. The van der Waals surface area contributed by atoms with E-state index in [2.05, 4.69) is 5.32 Å². The number of urea groups is 1. The highest BCUT2D eigenvalue weighted by Crippen LogP contribution is 2.33. The van der Waals surface area contributed by atoms with Crippen molar-refractivity contribution >= 4 is 34.9 Å². The molecule has 4 nitrogen and oxygen atoms in total. The lowest BCUT2D eigenvalue weighted by Crippen LogP contribution is -2.40. The van der Waals surface area contributed by atoms with E-state index in [1.807, 2.05) is 5.38 Å². The van der Waals surface area contributed by atoms with Crippen molar-refractivity contribution in [3.63, 3.8) is 0 Å². The number of hydrogen-bond donors (Lipinski definition) is 1. The summed E-state index contributed by atoms with van der Waals surface area (Å²) in [5.74, 6) is -0.961. The molecule has 1 N–H and O–H groups in total. The second kappa shape index (κ2) is 5.37. The number of carbonyl (C=O) groups excluding carboxylic acids is 2. The molecule has 1 saturated heterocycles. The van der Waals surface area contributed by atoms with Crippen molar-refractivity contribution in [2.24, 2.45) is 0 Å². The molecule has 1 unspecified atom stereocenters. The first kappa shape index (κ1) is 15.0. The monoisotopic (exact) mass is 338 g/mol. The van der Waals surface area contributed by atoms with E-state index >= 15 is 0 Å². The van der Waals surface area contributed by atoms with Crippen LogP contribution >= 0.6 is 22.9 Å². The Morgan fingerprint density at radius 2 is 2.09 bits per heavy atom. The Morgan fingerprint density at radius 1 is 1.32 bits per heavy atom. The molecule has 1 aromatic carbocycles. The van der Waals surface area contributed by atoms with Crippen molar-refractivity contribution in [1.82, 2.24) is 10.2 Å². The topological polar surface area (TPSA) is 49.4 Å². The maximum atomic E-state index is 13.9. The molecule has 1 aromatic heterocycles. The molecule has 1 aliphatic heterocycles. The molecule has 3 rings (SSSR count). The van der Waals surface area contributed by atoms with Gasteiger partial charge in [-0.2, -0.15) is 0 Å². The number of nitrogens with zero attached hydrogens (tertiary/aromatic N) is 1. The first-order chi connectivity index (χ1) is 10.4. The van der Waals surface area contributed by atoms with E-state index in [9.17, 15) is 14.0 Å². The van der Waals surface area contributed by atoms with Crippen LogP contribution < -0.4 is 5.32 Å². The Balaban J connectivity index is 1.93. The molecule has 1 atom stereocenters. The first-order valence-corrected chi connectivity index (χ1v) is 7.80. The Kier molecular flexibility index (Phi) is 3.66. The second-order valence-corrected chi connectivity index (χ2v) is 6.48. The third-order valence-electron chi connectivity index (χ3n) is 3.67. The molecule has 0 aliphatic carbocycles. The van der Waals surface area contributed by atoms with Gasteiger partial charge in [0.15, 0.2) is 5.54 Å². The summed E-state index contributed by atoms with van der Waals surface area (Å²) < 4.78 is 13.9. The summed E-state index contributed by atoms with van der Waals surface area (Å²) in [7, 11) is 0. The number of nitrogens with one attached hydrogen (secondary N) is 1. The summed E-state index contributed by atoms with van der Waals surface area (Å²) in [6.07, 6.45) is 0. The summed E-state index contributed by atoms with van der Waals surface area (Å²) >= 11 is 7.34. The minimum atomic E-state index is -1.12. The number of amides is 3. The van der Waals surface area contributed by atoms with E-state index in [1.54, 1.807) is 19.1 Å². The summed E-state index contributed by atoms with van der Waals surface area (Å²) in [6.45, 7) is 1.44. The Bertz CT molecular complexity index is 730.